The first-order valence-corrected chi connectivity index (χ1v) is 8.17. The number of carbonyl (C=O) groups excluding carboxylic acids is 2. The average molecular weight is 386 g/mol. The fourth-order valence-corrected chi connectivity index (χ4v) is 2.03. The van der Waals surface area contributed by atoms with Crippen LogP contribution in [0, 0.1) is 0 Å². The average Bonchev–Trinajstić information content (AvgIpc) is 2.38. The van der Waals surface area contributed by atoms with Crippen molar-refractivity contribution < 1.29 is 29.1 Å². The molecule has 0 aliphatic rings. The summed E-state index contributed by atoms with van der Waals surface area (Å²) in [6.07, 6.45) is 3.95. The zero-order chi connectivity index (χ0) is 16.0. The van der Waals surface area contributed by atoms with Gasteiger partial charge in [0.1, 0.15) is 10.5 Å². The van der Waals surface area contributed by atoms with E-state index in [9.17, 15) is 9.59 Å². The second kappa shape index (κ2) is 18.1. The standard InChI is InChI=1S/2C7H15NOS.Zn/c2*1-3-5-8(6-4-2)7(9)10;/h2*3-6H2,1-2H3,(H,9,10);/q;;+2/p-2. The van der Waals surface area contributed by atoms with Crippen LogP contribution in [0.15, 0.2) is 0 Å². The second-order valence-corrected chi connectivity index (χ2v) is 5.20. The van der Waals surface area contributed by atoms with Crippen LogP contribution >= 0.6 is 0 Å². The number of hydrogen-bond acceptors (Lipinski definition) is 4. The van der Waals surface area contributed by atoms with Crippen LogP contribution in [0.5, 0.6) is 0 Å². The van der Waals surface area contributed by atoms with E-state index in [4.69, 9.17) is 0 Å². The molecule has 120 valence electrons. The van der Waals surface area contributed by atoms with Crippen molar-refractivity contribution in [1.29, 1.82) is 0 Å². The zero-order valence-electron chi connectivity index (χ0n) is 13.9. The molecular formula is C14H28N2O2S2Zn. The molecule has 0 fully saturated rings. The molecule has 0 aliphatic heterocycles. The van der Waals surface area contributed by atoms with E-state index in [1.807, 2.05) is 27.7 Å². The first-order chi connectivity index (χ1) is 9.44. The molecule has 4 nitrogen and oxygen atoms in total. The summed E-state index contributed by atoms with van der Waals surface area (Å²) in [6.45, 7) is 11.4. The van der Waals surface area contributed by atoms with Gasteiger partial charge >= 0.3 is 19.5 Å². The third kappa shape index (κ3) is 16.2. The molecule has 0 unspecified atom stereocenters. The summed E-state index contributed by atoms with van der Waals surface area (Å²) in [5, 5.41) is -0.438. The molecule has 0 N–H and O–H groups in total. The van der Waals surface area contributed by atoms with Crippen molar-refractivity contribution in [3.05, 3.63) is 0 Å². The van der Waals surface area contributed by atoms with E-state index >= 15 is 0 Å². The van der Waals surface area contributed by atoms with Gasteiger partial charge in [0.2, 0.25) is 0 Å². The number of hydrogen-bond donors (Lipinski definition) is 0. The van der Waals surface area contributed by atoms with E-state index in [0.29, 0.717) is 0 Å². The summed E-state index contributed by atoms with van der Waals surface area (Å²) in [5.41, 5.74) is 0. The Hall–Kier alpha value is 0.00338. The van der Waals surface area contributed by atoms with Gasteiger partial charge in [-0.05, 0) is 25.7 Å². The normalized spacial score (nSPS) is 8.95. The van der Waals surface area contributed by atoms with Crippen molar-refractivity contribution in [3.63, 3.8) is 0 Å². The van der Waals surface area contributed by atoms with Crippen LogP contribution in [0.3, 0.4) is 0 Å². The molecule has 0 saturated heterocycles. The third-order valence-electron chi connectivity index (χ3n) is 2.49. The van der Waals surface area contributed by atoms with Crippen LogP contribution < -0.4 is 0 Å². The Labute approximate surface area is 154 Å². The van der Waals surface area contributed by atoms with Gasteiger partial charge in [-0.15, -0.1) is 0 Å². The molecular weight excluding hydrogens is 358 g/mol. The van der Waals surface area contributed by atoms with Crippen LogP contribution in [0.25, 0.3) is 0 Å². The number of carbonyl (C=O) groups is 2. The molecule has 0 bridgehead atoms. The van der Waals surface area contributed by atoms with Crippen molar-refractivity contribution in [2.45, 2.75) is 53.4 Å². The minimum Gasteiger partial charge on any atom is -0.719 e. The monoisotopic (exact) mass is 384 g/mol. The van der Waals surface area contributed by atoms with Gasteiger partial charge in [-0.2, -0.15) is 0 Å². The van der Waals surface area contributed by atoms with Gasteiger partial charge in [0, 0.05) is 26.2 Å². The molecule has 0 radical (unpaired) electrons. The SMILES string of the molecule is CCCN(CCC)C(=O)[S-].CCCN(CCC)C(=O)[S-].[Zn+2]. The summed E-state index contributed by atoms with van der Waals surface area (Å²) >= 11 is 9.04. The van der Waals surface area contributed by atoms with Crippen LogP contribution in [-0.2, 0) is 44.7 Å². The fourth-order valence-electron chi connectivity index (χ4n) is 1.67. The van der Waals surface area contributed by atoms with Crippen molar-refractivity contribution in [2.75, 3.05) is 26.2 Å². The molecule has 0 atom stereocenters. The van der Waals surface area contributed by atoms with Gasteiger partial charge in [0.25, 0.3) is 0 Å². The molecule has 7 heteroatoms. The summed E-state index contributed by atoms with van der Waals surface area (Å²) in [6, 6.07) is 0. The minimum atomic E-state index is -0.219. The number of amides is 2. The maximum Gasteiger partial charge on any atom is 2.00 e. The predicted molar refractivity (Wildman–Crippen MR) is 89.8 cm³/mol. The summed E-state index contributed by atoms with van der Waals surface area (Å²) in [5.74, 6) is 0. The van der Waals surface area contributed by atoms with Crippen molar-refractivity contribution in [1.82, 2.24) is 9.80 Å². The van der Waals surface area contributed by atoms with Crippen molar-refractivity contribution in [2.24, 2.45) is 0 Å². The Morgan fingerprint density at radius 2 is 0.857 bits per heavy atom. The predicted octanol–water partition coefficient (Wildman–Crippen LogP) is 3.55. The Morgan fingerprint density at radius 3 is 0.952 bits per heavy atom. The van der Waals surface area contributed by atoms with Gasteiger partial charge in [0.05, 0.1) is 0 Å². The maximum absolute atomic E-state index is 10.7. The van der Waals surface area contributed by atoms with E-state index < -0.39 is 0 Å². The minimum absolute atomic E-state index is 0. The van der Waals surface area contributed by atoms with E-state index in [1.54, 1.807) is 9.80 Å². The van der Waals surface area contributed by atoms with Crippen LogP contribution in [-0.4, -0.2) is 46.5 Å². The first-order valence-electron chi connectivity index (χ1n) is 7.36. The fraction of sp³-hybridized carbons (Fsp3) is 0.857. The Morgan fingerprint density at radius 1 is 0.667 bits per heavy atom. The van der Waals surface area contributed by atoms with Crippen molar-refractivity contribution in [3.8, 4) is 0 Å². The summed E-state index contributed by atoms with van der Waals surface area (Å²) in [4.78, 5) is 24.7. The molecule has 21 heavy (non-hydrogen) atoms. The zero-order valence-corrected chi connectivity index (χ0v) is 18.5. The van der Waals surface area contributed by atoms with Gasteiger partial charge in [-0.1, -0.05) is 27.7 Å². The van der Waals surface area contributed by atoms with Gasteiger partial charge in [0.15, 0.2) is 0 Å². The smallest absolute Gasteiger partial charge is 0.719 e. The van der Waals surface area contributed by atoms with Crippen LogP contribution in [0.1, 0.15) is 53.4 Å². The van der Waals surface area contributed by atoms with Gasteiger partial charge in [-0.3, -0.25) is 0 Å². The Bertz CT molecular complexity index is 231. The molecule has 0 rings (SSSR count). The van der Waals surface area contributed by atoms with E-state index in [-0.39, 0.29) is 30.0 Å². The largest absolute Gasteiger partial charge is 2.00 e. The second-order valence-electron chi connectivity index (χ2n) is 4.51. The number of rotatable bonds is 8. The molecule has 2 amide bonds. The maximum atomic E-state index is 10.7. The molecule has 0 spiro atoms. The summed E-state index contributed by atoms with van der Waals surface area (Å²) < 4.78 is 0. The molecule has 0 saturated carbocycles. The van der Waals surface area contributed by atoms with E-state index in [2.05, 4.69) is 25.3 Å². The first kappa shape index (κ1) is 25.9. The van der Waals surface area contributed by atoms with Crippen LogP contribution in [0.4, 0.5) is 9.59 Å². The molecule has 0 aromatic carbocycles. The summed E-state index contributed by atoms with van der Waals surface area (Å²) in [7, 11) is 0. The molecule has 0 aromatic rings. The van der Waals surface area contributed by atoms with Gasteiger partial charge in [-0.25, -0.2) is 0 Å². The topological polar surface area (TPSA) is 40.6 Å². The molecule has 0 aromatic heterocycles. The number of nitrogens with zero attached hydrogens (tertiary/aromatic N) is 2. The van der Waals surface area contributed by atoms with E-state index in [1.165, 1.54) is 0 Å². The Balaban J connectivity index is -0.000000295. The quantitative estimate of drug-likeness (QED) is 0.473. The molecule has 0 heterocycles. The van der Waals surface area contributed by atoms with Crippen LogP contribution in [0.2, 0.25) is 0 Å². The Kier molecular flexibility index (Phi) is 22.3. The van der Waals surface area contributed by atoms with E-state index in [0.717, 1.165) is 51.9 Å². The third-order valence-corrected chi connectivity index (χ3v) is 3.01. The van der Waals surface area contributed by atoms with Gasteiger partial charge < -0.3 is 44.6 Å². The van der Waals surface area contributed by atoms with Crippen molar-refractivity contribution >= 4 is 35.7 Å². The molecule has 0 aliphatic carbocycles.